The van der Waals surface area contributed by atoms with Gasteiger partial charge in [0.2, 0.25) is 6.79 Å². The minimum Gasteiger partial charge on any atom is -0.454 e. The van der Waals surface area contributed by atoms with Crippen LogP contribution < -0.4 is 25.4 Å². The van der Waals surface area contributed by atoms with Crippen molar-refractivity contribution in [2.75, 3.05) is 30.5 Å². The van der Waals surface area contributed by atoms with E-state index in [0.29, 0.717) is 52.7 Å². The molecule has 0 spiro atoms. The van der Waals surface area contributed by atoms with Crippen molar-refractivity contribution in [2.24, 2.45) is 0 Å². The molecular formula is C21H16N6O3. The number of urea groups is 1. The topological polar surface area (TPSA) is 132 Å². The third-order valence-corrected chi connectivity index (χ3v) is 4.40. The maximum absolute atomic E-state index is 12.0. The lowest BCUT2D eigenvalue weighted by Gasteiger charge is -2.11. The van der Waals surface area contributed by atoms with Crippen LogP contribution in [0.2, 0.25) is 0 Å². The summed E-state index contributed by atoms with van der Waals surface area (Å²) in [6.45, 7) is 0.852. The first kappa shape index (κ1) is 18.8. The number of benzene rings is 2. The van der Waals surface area contributed by atoms with Gasteiger partial charge in [0, 0.05) is 30.2 Å². The molecule has 148 valence electrons. The molecule has 0 atom stereocenters. The van der Waals surface area contributed by atoms with Crippen LogP contribution in [0.15, 0.2) is 42.5 Å². The van der Waals surface area contributed by atoms with Gasteiger partial charge < -0.3 is 25.4 Å². The Hall–Kier alpha value is -4.50. The minimum absolute atomic E-state index is 0.165. The number of carbonyl (C=O) groups is 1. The number of ether oxygens (including phenoxy) is 2. The van der Waals surface area contributed by atoms with E-state index in [4.69, 9.17) is 14.7 Å². The van der Waals surface area contributed by atoms with E-state index in [0.717, 1.165) is 5.39 Å². The number of rotatable bonds is 5. The van der Waals surface area contributed by atoms with Crippen LogP contribution in [-0.4, -0.2) is 30.9 Å². The van der Waals surface area contributed by atoms with Crippen LogP contribution in [0, 0.1) is 22.7 Å². The summed E-state index contributed by atoms with van der Waals surface area (Å²) in [7, 11) is 0. The van der Waals surface area contributed by atoms with Crippen molar-refractivity contribution in [2.45, 2.75) is 0 Å². The van der Waals surface area contributed by atoms with Gasteiger partial charge in [-0.15, -0.1) is 0 Å². The number of nitriles is 2. The highest BCUT2D eigenvalue weighted by molar-refractivity contribution is 5.89. The summed E-state index contributed by atoms with van der Waals surface area (Å²) in [5.74, 6) is 1.68. The molecule has 0 saturated heterocycles. The fourth-order valence-electron chi connectivity index (χ4n) is 2.94. The molecule has 0 fully saturated rings. The van der Waals surface area contributed by atoms with Crippen LogP contribution in [0.5, 0.6) is 11.5 Å². The number of amides is 2. The van der Waals surface area contributed by atoms with Gasteiger partial charge in [0.1, 0.15) is 11.9 Å². The van der Waals surface area contributed by atoms with Crippen molar-refractivity contribution < 1.29 is 14.3 Å². The van der Waals surface area contributed by atoms with Gasteiger partial charge in [-0.1, -0.05) is 0 Å². The van der Waals surface area contributed by atoms with E-state index in [9.17, 15) is 10.1 Å². The molecular weight excluding hydrogens is 384 g/mol. The lowest BCUT2D eigenvalue weighted by Crippen LogP contribution is -2.32. The molecule has 30 heavy (non-hydrogen) atoms. The van der Waals surface area contributed by atoms with Crippen LogP contribution in [0.1, 0.15) is 11.1 Å². The molecule has 2 aromatic carbocycles. The lowest BCUT2D eigenvalue weighted by molar-refractivity contribution is 0.174. The number of anilines is 2. The molecule has 1 aliphatic heterocycles. The van der Waals surface area contributed by atoms with Crippen molar-refractivity contribution in [3.8, 4) is 23.6 Å². The molecule has 1 aliphatic rings. The van der Waals surface area contributed by atoms with E-state index in [1.54, 1.807) is 42.5 Å². The molecule has 1 aromatic heterocycles. The summed E-state index contributed by atoms with van der Waals surface area (Å²) in [4.78, 5) is 16.5. The van der Waals surface area contributed by atoms with Crippen LogP contribution in [0.4, 0.5) is 16.3 Å². The fourth-order valence-corrected chi connectivity index (χ4v) is 2.94. The van der Waals surface area contributed by atoms with Crippen LogP contribution in [0.25, 0.3) is 10.9 Å². The highest BCUT2D eigenvalue weighted by Crippen LogP contribution is 2.36. The predicted molar refractivity (Wildman–Crippen MR) is 109 cm³/mol. The molecule has 0 bridgehead atoms. The molecule has 0 unspecified atom stereocenters. The fraction of sp³-hybridized carbons (Fsp3) is 0.143. The van der Waals surface area contributed by atoms with E-state index in [-0.39, 0.29) is 12.8 Å². The first-order chi connectivity index (χ1) is 14.7. The average molecular weight is 400 g/mol. The van der Waals surface area contributed by atoms with Gasteiger partial charge in [-0.25, -0.2) is 9.78 Å². The molecule has 0 aliphatic carbocycles. The minimum atomic E-state index is -0.374. The first-order valence-corrected chi connectivity index (χ1v) is 9.09. The van der Waals surface area contributed by atoms with Gasteiger partial charge in [-0.2, -0.15) is 10.5 Å². The third kappa shape index (κ3) is 4.01. The van der Waals surface area contributed by atoms with E-state index < -0.39 is 0 Å². The molecule has 9 heteroatoms. The van der Waals surface area contributed by atoms with Crippen LogP contribution in [-0.2, 0) is 0 Å². The SMILES string of the molecule is N#Cc1ccc(NC(=O)NCCNc2nc3cc4c(cc3cc2C#N)OCO4)cc1. The Morgan fingerprint density at radius 3 is 2.53 bits per heavy atom. The monoisotopic (exact) mass is 400 g/mol. The van der Waals surface area contributed by atoms with Crippen molar-refractivity contribution >= 4 is 28.4 Å². The van der Waals surface area contributed by atoms with Crippen molar-refractivity contribution in [1.82, 2.24) is 10.3 Å². The average Bonchev–Trinajstić information content (AvgIpc) is 3.22. The summed E-state index contributed by atoms with van der Waals surface area (Å²) in [5.41, 5.74) is 2.17. The van der Waals surface area contributed by atoms with Gasteiger partial charge >= 0.3 is 6.03 Å². The summed E-state index contributed by atoms with van der Waals surface area (Å²) in [6, 6.07) is 15.6. The Bertz CT molecular complexity index is 1190. The van der Waals surface area contributed by atoms with Gasteiger partial charge in [0.05, 0.1) is 22.7 Å². The number of hydrogen-bond acceptors (Lipinski definition) is 7. The maximum Gasteiger partial charge on any atom is 0.319 e. The van der Waals surface area contributed by atoms with Crippen molar-refractivity contribution in [3.63, 3.8) is 0 Å². The molecule has 0 radical (unpaired) electrons. The van der Waals surface area contributed by atoms with Gasteiger partial charge in [-0.3, -0.25) is 0 Å². The van der Waals surface area contributed by atoms with Crippen LogP contribution in [0.3, 0.4) is 0 Å². The summed E-state index contributed by atoms with van der Waals surface area (Å²) < 4.78 is 10.7. The molecule has 0 saturated carbocycles. The summed E-state index contributed by atoms with van der Waals surface area (Å²) in [5, 5.41) is 27.5. The zero-order valence-corrected chi connectivity index (χ0v) is 15.7. The van der Waals surface area contributed by atoms with Crippen molar-refractivity contribution in [3.05, 3.63) is 53.6 Å². The number of nitrogens with zero attached hydrogens (tertiary/aromatic N) is 3. The van der Waals surface area contributed by atoms with E-state index in [2.05, 4.69) is 27.0 Å². The molecule has 9 nitrogen and oxygen atoms in total. The number of pyridine rings is 1. The number of hydrogen-bond donors (Lipinski definition) is 3. The number of carbonyl (C=O) groups excluding carboxylic acids is 1. The van der Waals surface area contributed by atoms with Crippen LogP contribution >= 0.6 is 0 Å². The van der Waals surface area contributed by atoms with Gasteiger partial charge in [0.15, 0.2) is 11.5 Å². The summed E-state index contributed by atoms with van der Waals surface area (Å²) in [6.07, 6.45) is 0. The molecule has 2 heterocycles. The second kappa shape index (κ2) is 8.25. The summed E-state index contributed by atoms with van der Waals surface area (Å²) >= 11 is 0. The number of aromatic nitrogens is 1. The smallest absolute Gasteiger partial charge is 0.319 e. The number of nitrogens with one attached hydrogen (secondary N) is 3. The van der Waals surface area contributed by atoms with E-state index in [1.807, 2.05) is 6.07 Å². The molecule has 3 N–H and O–H groups in total. The van der Waals surface area contributed by atoms with Gasteiger partial charge in [-0.05, 0) is 36.4 Å². The Kier molecular flexibility index (Phi) is 5.18. The molecule has 3 aromatic rings. The van der Waals surface area contributed by atoms with E-state index in [1.165, 1.54) is 0 Å². The van der Waals surface area contributed by atoms with Gasteiger partial charge in [0.25, 0.3) is 0 Å². The normalized spacial score (nSPS) is 11.4. The largest absolute Gasteiger partial charge is 0.454 e. The lowest BCUT2D eigenvalue weighted by atomic mass is 10.1. The third-order valence-electron chi connectivity index (χ3n) is 4.40. The highest BCUT2D eigenvalue weighted by atomic mass is 16.7. The maximum atomic E-state index is 12.0. The molecule has 2 amide bonds. The standard InChI is InChI=1S/C21H16N6O3/c22-10-13-1-3-16(4-2-13)26-21(28)25-6-5-24-20-15(11-23)7-14-8-18-19(30-12-29-18)9-17(14)27-20/h1-4,7-9H,5-6,12H2,(H,24,27)(H2,25,26,28). The Balaban J connectivity index is 1.35. The second-order valence-corrected chi connectivity index (χ2v) is 6.39. The zero-order chi connectivity index (χ0) is 20.9. The Morgan fingerprint density at radius 2 is 1.80 bits per heavy atom. The predicted octanol–water partition coefficient (Wildman–Crippen LogP) is 2.94. The Labute approximate surface area is 171 Å². The van der Waals surface area contributed by atoms with E-state index >= 15 is 0 Å². The second-order valence-electron chi connectivity index (χ2n) is 6.39. The first-order valence-electron chi connectivity index (χ1n) is 9.09. The Morgan fingerprint density at radius 1 is 1.03 bits per heavy atom. The number of fused-ring (bicyclic) bond motifs is 2. The van der Waals surface area contributed by atoms with Crippen molar-refractivity contribution in [1.29, 1.82) is 10.5 Å². The quantitative estimate of drug-likeness (QED) is 0.561. The highest BCUT2D eigenvalue weighted by Gasteiger charge is 2.16. The zero-order valence-electron chi connectivity index (χ0n) is 15.7. The molecule has 4 rings (SSSR count).